The Labute approximate surface area is 133 Å². The molecule has 1 fully saturated rings. The van der Waals surface area contributed by atoms with Gasteiger partial charge in [-0.25, -0.2) is 12.8 Å². The molecular weight excluding hydrogens is 337 g/mol. The molecule has 0 amide bonds. The number of nitrogens with zero attached hydrogens (tertiary/aromatic N) is 2. The number of nitrogens with two attached hydrogens (primary N) is 1. The van der Waals surface area contributed by atoms with Crippen LogP contribution in [0.2, 0.25) is 5.02 Å². The second-order valence-corrected chi connectivity index (χ2v) is 7.56. The molecule has 1 aliphatic heterocycles. The van der Waals surface area contributed by atoms with Gasteiger partial charge in [-0.3, -0.25) is 4.90 Å². The first kappa shape index (κ1) is 16.6. The van der Waals surface area contributed by atoms with Crippen molar-refractivity contribution in [2.75, 3.05) is 32.7 Å². The van der Waals surface area contributed by atoms with Crippen LogP contribution in [-0.4, -0.2) is 55.3 Å². The molecule has 0 atom stereocenters. The van der Waals surface area contributed by atoms with E-state index in [0.29, 0.717) is 24.6 Å². The fraction of sp³-hybridized carbons (Fsp3) is 0.417. The van der Waals surface area contributed by atoms with Gasteiger partial charge in [0, 0.05) is 32.7 Å². The van der Waals surface area contributed by atoms with Crippen molar-refractivity contribution >= 4 is 38.8 Å². The van der Waals surface area contributed by atoms with Gasteiger partial charge in [0.15, 0.2) is 0 Å². The van der Waals surface area contributed by atoms with Gasteiger partial charge in [0.1, 0.15) is 10.7 Å². The number of hydrogen-bond acceptors (Lipinski definition) is 4. The van der Waals surface area contributed by atoms with Crippen LogP contribution < -0.4 is 5.73 Å². The van der Waals surface area contributed by atoms with E-state index in [1.807, 2.05) is 4.90 Å². The highest BCUT2D eigenvalue weighted by Gasteiger charge is 2.30. The van der Waals surface area contributed by atoms with Crippen LogP contribution in [0.1, 0.15) is 0 Å². The van der Waals surface area contributed by atoms with Crippen molar-refractivity contribution in [2.24, 2.45) is 5.73 Å². The van der Waals surface area contributed by atoms with Crippen molar-refractivity contribution in [3.63, 3.8) is 0 Å². The molecule has 1 heterocycles. The minimum absolute atomic E-state index is 0.0157. The van der Waals surface area contributed by atoms with Crippen molar-refractivity contribution in [1.82, 2.24) is 9.21 Å². The molecule has 9 heteroatoms. The highest BCUT2D eigenvalue weighted by Crippen LogP contribution is 2.26. The van der Waals surface area contributed by atoms with E-state index in [1.54, 1.807) is 0 Å². The summed E-state index contributed by atoms with van der Waals surface area (Å²) in [4.78, 5) is 2.15. The monoisotopic (exact) mass is 351 g/mol. The van der Waals surface area contributed by atoms with Crippen molar-refractivity contribution in [3.8, 4) is 0 Å². The smallest absolute Gasteiger partial charge is 0.244 e. The number of rotatable bonds is 4. The fourth-order valence-corrected chi connectivity index (χ4v) is 4.25. The number of thiocarbonyl (C=S) groups is 1. The van der Waals surface area contributed by atoms with Crippen LogP contribution >= 0.6 is 23.8 Å². The molecule has 2 N–H and O–H groups in total. The van der Waals surface area contributed by atoms with Gasteiger partial charge in [0.05, 0.1) is 10.0 Å². The summed E-state index contributed by atoms with van der Waals surface area (Å²) < 4.78 is 39.6. The minimum atomic E-state index is -3.80. The van der Waals surface area contributed by atoms with E-state index in [-0.39, 0.29) is 23.0 Å². The number of piperazine rings is 1. The molecule has 2 rings (SSSR count). The zero-order chi connectivity index (χ0) is 15.6. The van der Waals surface area contributed by atoms with Crippen LogP contribution in [0.3, 0.4) is 0 Å². The Balaban J connectivity index is 2.15. The maximum atomic E-state index is 13.3. The molecule has 1 aromatic rings. The predicted octanol–water partition coefficient (Wildman–Crippen LogP) is 1.07. The van der Waals surface area contributed by atoms with E-state index >= 15 is 0 Å². The average Bonchev–Trinajstić information content (AvgIpc) is 2.41. The Hall–Kier alpha value is -0.800. The SMILES string of the molecule is NC(=S)CN1CCN(S(=O)(=O)c2cc(F)ccc2Cl)CC1. The van der Waals surface area contributed by atoms with Gasteiger partial charge in [-0.2, -0.15) is 4.31 Å². The molecular formula is C12H15ClFN3O2S2. The van der Waals surface area contributed by atoms with Gasteiger partial charge in [0.2, 0.25) is 10.0 Å². The van der Waals surface area contributed by atoms with E-state index in [4.69, 9.17) is 29.6 Å². The topological polar surface area (TPSA) is 66.6 Å². The molecule has 0 bridgehead atoms. The van der Waals surface area contributed by atoms with Crippen LogP contribution in [0.5, 0.6) is 0 Å². The molecule has 0 radical (unpaired) electrons. The quantitative estimate of drug-likeness (QED) is 0.822. The lowest BCUT2D eigenvalue weighted by Crippen LogP contribution is -2.50. The van der Waals surface area contributed by atoms with Gasteiger partial charge >= 0.3 is 0 Å². The Kier molecular flexibility index (Phi) is 5.15. The summed E-state index contributed by atoms with van der Waals surface area (Å²) in [5, 5.41) is 0.0157. The van der Waals surface area contributed by atoms with Crippen LogP contribution in [0.15, 0.2) is 23.1 Å². The Bertz CT molecular complexity index is 646. The van der Waals surface area contributed by atoms with E-state index in [1.165, 1.54) is 10.4 Å². The molecule has 21 heavy (non-hydrogen) atoms. The molecule has 0 spiro atoms. The van der Waals surface area contributed by atoms with E-state index in [0.717, 1.165) is 12.1 Å². The van der Waals surface area contributed by atoms with Crippen molar-refractivity contribution in [2.45, 2.75) is 4.90 Å². The van der Waals surface area contributed by atoms with Gasteiger partial charge in [0.25, 0.3) is 0 Å². The van der Waals surface area contributed by atoms with Crippen LogP contribution in [0, 0.1) is 5.82 Å². The molecule has 0 unspecified atom stereocenters. The minimum Gasteiger partial charge on any atom is -0.392 e. The fourth-order valence-electron chi connectivity index (χ4n) is 2.16. The second kappa shape index (κ2) is 6.53. The highest BCUT2D eigenvalue weighted by molar-refractivity contribution is 7.89. The van der Waals surface area contributed by atoms with Gasteiger partial charge < -0.3 is 5.73 Å². The first-order chi connectivity index (χ1) is 9.80. The summed E-state index contributed by atoms with van der Waals surface area (Å²) in [6.45, 7) is 2.08. The van der Waals surface area contributed by atoms with Crippen LogP contribution in [0.4, 0.5) is 4.39 Å². The van der Waals surface area contributed by atoms with Crippen LogP contribution in [0.25, 0.3) is 0 Å². The lowest BCUT2D eigenvalue weighted by molar-refractivity contribution is 0.209. The standard InChI is InChI=1S/C12H15ClFN3O2S2/c13-10-2-1-9(14)7-11(10)21(18,19)17-5-3-16(4-6-17)8-12(15)20/h1-2,7H,3-6,8H2,(H2,15,20). The molecule has 116 valence electrons. The Morgan fingerprint density at radius 1 is 1.33 bits per heavy atom. The van der Waals surface area contributed by atoms with Gasteiger partial charge in [-0.15, -0.1) is 0 Å². The van der Waals surface area contributed by atoms with Gasteiger partial charge in [-0.05, 0) is 18.2 Å². The summed E-state index contributed by atoms with van der Waals surface area (Å²) in [5.74, 6) is -0.634. The normalized spacial score (nSPS) is 17.8. The highest BCUT2D eigenvalue weighted by atomic mass is 35.5. The van der Waals surface area contributed by atoms with E-state index < -0.39 is 15.8 Å². The van der Waals surface area contributed by atoms with Crippen molar-refractivity contribution < 1.29 is 12.8 Å². The molecule has 0 aromatic heterocycles. The van der Waals surface area contributed by atoms with Gasteiger partial charge in [-0.1, -0.05) is 23.8 Å². The first-order valence-electron chi connectivity index (χ1n) is 6.26. The lowest BCUT2D eigenvalue weighted by Gasteiger charge is -2.33. The number of hydrogen-bond donors (Lipinski definition) is 1. The maximum Gasteiger partial charge on any atom is 0.244 e. The Morgan fingerprint density at radius 3 is 2.52 bits per heavy atom. The van der Waals surface area contributed by atoms with Crippen molar-refractivity contribution in [3.05, 3.63) is 29.0 Å². The summed E-state index contributed by atoms with van der Waals surface area (Å²) in [5.41, 5.74) is 5.47. The molecule has 5 nitrogen and oxygen atoms in total. The molecule has 1 saturated heterocycles. The third-order valence-corrected chi connectivity index (χ3v) is 5.73. The first-order valence-corrected chi connectivity index (χ1v) is 8.49. The largest absolute Gasteiger partial charge is 0.392 e. The van der Waals surface area contributed by atoms with E-state index in [2.05, 4.69) is 0 Å². The number of halogens is 2. The van der Waals surface area contributed by atoms with Crippen LogP contribution in [-0.2, 0) is 10.0 Å². The maximum absolute atomic E-state index is 13.3. The number of sulfonamides is 1. The molecule has 0 aliphatic carbocycles. The van der Waals surface area contributed by atoms with E-state index in [9.17, 15) is 12.8 Å². The summed E-state index contributed by atoms with van der Waals surface area (Å²) in [6, 6.07) is 3.31. The third kappa shape index (κ3) is 3.89. The average molecular weight is 352 g/mol. The molecule has 0 saturated carbocycles. The summed E-state index contributed by atoms with van der Waals surface area (Å²) >= 11 is 10.7. The van der Waals surface area contributed by atoms with Crippen molar-refractivity contribution in [1.29, 1.82) is 0 Å². The summed E-state index contributed by atoms with van der Waals surface area (Å²) in [7, 11) is -3.80. The number of benzene rings is 1. The zero-order valence-corrected chi connectivity index (χ0v) is 13.5. The summed E-state index contributed by atoms with van der Waals surface area (Å²) in [6.07, 6.45) is 0. The second-order valence-electron chi connectivity index (χ2n) is 4.72. The third-order valence-electron chi connectivity index (χ3n) is 3.22. The lowest BCUT2D eigenvalue weighted by atomic mass is 10.3. The Morgan fingerprint density at radius 2 is 1.95 bits per heavy atom. The molecule has 1 aliphatic rings. The zero-order valence-electron chi connectivity index (χ0n) is 11.1. The molecule has 1 aromatic carbocycles. The predicted molar refractivity (Wildman–Crippen MR) is 83.4 cm³/mol.